The van der Waals surface area contributed by atoms with Crippen LogP contribution >= 0.6 is 0 Å². The summed E-state index contributed by atoms with van der Waals surface area (Å²) in [5.74, 6) is 0. The number of hydrogen-bond acceptors (Lipinski definition) is 3. The Hall–Kier alpha value is -7.20. The molecule has 2 heterocycles. The Morgan fingerprint density at radius 1 is 0.396 bits per heavy atom. The van der Waals surface area contributed by atoms with Crippen LogP contribution in [0.3, 0.4) is 0 Å². The monoisotopic (exact) mass is 610 g/mol. The second-order valence-electron chi connectivity index (χ2n) is 11.3. The van der Waals surface area contributed by atoms with Crippen molar-refractivity contribution in [2.24, 2.45) is 0 Å². The minimum absolute atomic E-state index is 0.536. The maximum absolute atomic E-state index is 7.49. The van der Waals surface area contributed by atoms with E-state index in [1.165, 1.54) is 0 Å². The molecule has 0 aliphatic carbocycles. The van der Waals surface area contributed by atoms with E-state index in [-0.39, 0.29) is 0 Å². The second kappa shape index (κ2) is 11.6. The summed E-state index contributed by atoms with van der Waals surface area (Å²) >= 11 is 0. The fourth-order valence-electron chi connectivity index (χ4n) is 6.20. The molecule has 6 aromatic carbocycles. The van der Waals surface area contributed by atoms with Gasteiger partial charge in [0.15, 0.2) is 17.1 Å². The second-order valence-corrected chi connectivity index (χ2v) is 11.3. The first kappa shape index (κ1) is 28.3. The molecule has 0 N–H and O–H groups in total. The molecule has 2 aromatic heterocycles. The molecule has 48 heavy (non-hydrogen) atoms. The van der Waals surface area contributed by atoms with Crippen molar-refractivity contribution in [1.29, 1.82) is 0 Å². The Morgan fingerprint density at radius 2 is 0.875 bits per heavy atom. The number of hydrogen-bond donors (Lipinski definition) is 0. The van der Waals surface area contributed by atoms with Crippen LogP contribution in [-0.4, -0.2) is 15.0 Å². The van der Waals surface area contributed by atoms with Gasteiger partial charge < -0.3 is 0 Å². The molecule has 8 rings (SSSR count). The van der Waals surface area contributed by atoms with E-state index in [0.717, 1.165) is 55.2 Å². The van der Waals surface area contributed by atoms with Gasteiger partial charge in [0, 0.05) is 16.2 Å². The van der Waals surface area contributed by atoms with E-state index in [9.17, 15) is 0 Å². The molecule has 0 atom stereocenters. The fourth-order valence-corrected chi connectivity index (χ4v) is 6.20. The lowest BCUT2D eigenvalue weighted by Crippen LogP contribution is -1.99. The van der Waals surface area contributed by atoms with Gasteiger partial charge in [-0.15, -0.1) is 0 Å². The number of para-hydroxylation sites is 1. The first-order valence-electron chi connectivity index (χ1n) is 15.2. The van der Waals surface area contributed by atoms with Crippen LogP contribution in [0, 0.1) is 19.7 Å². The summed E-state index contributed by atoms with van der Waals surface area (Å²) in [5.41, 5.74) is 10.5. The molecule has 6 nitrogen and oxygen atoms in total. The molecule has 0 bridgehead atoms. The predicted molar refractivity (Wildman–Crippen MR) is 193 cm³/mol. The summed E-state index contributed by atoms with van der Waals surface area (Å²) in [7, 11) is 0. The van der Waals surface area contributed by atoms with E-state index < -0.39 is 0 Å². The van der Waals surface area contributed by atoms with Crippen molar-refractivity contribution >= 4 is 49.8 Å². The molecule has 0 saturated heterocycles. The van der Waals surface area contributed by atoms with Gasteiger partial charge in [0.25, 0.3) is 0 Å². The molecule has 0 spiro atoms. The Labute approximate surface area is 276 Å². The quantitative estimate of drug-likeness (QED) is 0.147. The molecular weight excluding hydrogens is 589 g/mol. The summed E-state index contributed by atoms with van der Waals surface area (Å²) < 4.78 is 0. The maximum atomic E-state index is 7.49. The van der Waals surface area contributed by atoms with Crippen molar-refractivity contribution in [3.05, 3.63) is 168 Å². The molecule has 0 radical (unpaired) electrons. The Bertz CT molecular complexity index is 2660. The molecule has 0 unspecified atom stereocenters. The Morgan fingerprint density at radius 3 is 1.44 bits per heavy atom. The zero-order chi connectivity index (χ0) is 32.6. The molecular formula is C42H22N6. The van der Waals surface area contributed by atoms with E-state index in [4.69, 9.17) is 34.7 Å². The molecule has 0 amide bonds. The maximum Gasteiger partial charge on any atom is 0.187 e. The average Bonchev–Trinajstić information content (AvgIpc) is 3.17. The number of aromatic nitrogens is 3. The van der Waals surface area contributed by atoms with E-state index in [0.29, 0.717) is 39.5 Å². The zero-order valence-corrected chi connectivity index (χ0v) is 25.4. The standard InChI is InChI=1S/C42H22N6/c1-43-30-19-13-27(14-20-30)39-38-37(33-11-7-8-12-35(33)46-39)34(26-9-5-4-6-10-26)25-36-42(38)48-41(29-17-23-32(45-3)24-18-29)40(47-36)28-15-21-31(44-2)22-16-28/h4-25H. The SMILES string of the molecule is [C-]#[N+]c1ccc(-c2nc3cc(-c4ccccc4)c4c5ccccc5nc(-c5ccc([N+]#[C-])cc5)c4c3nc2-c2ccc([N+]#[C-])cc2)cc1. The minimum atomic E-state index is 0.536. The van der Waals surface area contributed by atoms with Gasteiger partial charge in [-0.2, -0.15) is 0 Å². The average molecular weight is 611 g/mol. The van der Waals surface area contributed by atoms with Crippen LogP contribution in [0.2, 0.25) is 0 Å². The molecule has 6 heteroatoms. The molecule has 0 fully saturated rings. The highest BCUT2D eigenvalue weighted by Gasteiger charge is 2.22. The van der Waals surface area contributed by atoms with E-state index in [1.54, 1.807) is 24.3 Å². The Kier molecular flexibility index (Phi) is 6.85. The number of fused-ring (bicyclic) bond motifs is 5. The molecule has 0 aliphatic heterocycles. The number of rotatable bonds is 4. The number of nitrogens with zero attached hydrogens (tertiary/aromatic N) is 6. The highest BCUT2D eigenvalue weighted by atomic mass is 14.8. The summed E-state index contributed by atoms with van der Waals surface area (Å²) in [4.78, 5) is 26.7. The van der Waals surface area contributed by atoms with Crippen molar-refractivity contribution in [3.63, 3.8) is 0 Å². The van der Waals surface area contributed by atoms with Gasteiger partial charge in [0.05, 0.1) is 53.3 Å². The first-order chi connectivity index (χ1) is 23.6. The zero-order valence-electron chi connectivity index (χ0n) is 25.4. The largest absolute Gasteiger partial charge is 0.247 e. The highest BCUT2D eigenvalue weighted by molar-refractivity contribution is 6.25. The van der Waals surface area contributed by atoms with Gasteiger partial charge in [-0.1, -0.05) is 121 Å². The fraction of sp³-hybridized carbons (Fsp3) is 0. The minimum Gasteiger partial charge on any atom is -0.247 e. The van der Waals surface area contributed by atoms with Crippen LogP contribution in [-0.2, 0) is 0 Å². The van der Waals surface area contributed by atoms with Crippen LogP contribution in [0.25, 0.3) is 92.1 Å². The first-order valence-corrected chi connectivity index (χ1v) is 15.2. The topological polar surface area (TPSA) is 51.8 Å². The number of benzene rings is 6. The van der Waals surface area contributed by atoms with Crippen molar-refractivity contribution in [1.82, 2.24) is 15.0 Å². The predicted octanol–water partition coefficient (Wildman–Crippen LogP) is 11.7. The van der Waals surface area contributed by atoms with E-state index in [2.05, 4.69) is 38.8 Å². The van der Waals surface area contributed by atoms with Crippen molar-refractivity contribution in [2.45, 2.75) is 0 Å². The third-order valence-electron chi connectivity index (χ3n) is 8.50. The van der Waals surface area contributed by atoms with Crippen LogP contribution in [0.15, 0.2) is 133 Å². The van der Waals surface area contributed by atoms with E-state index in [1.807, 2.05) is 84.9 Å². The van der Waals surface area contributed by atoms with Gasteiger partial charge in [-0.25, -0.2) is 29.5 Å². The summed E-state index contributed by atoms with van der Waals surface area (Å²) in [6.45, 7) is 22.4. The lowest BCUT2D eigenvalue weighted by Gasteiger charge is -2.18. The van der Waals surface area contributed by atoms with Crippen LogP contribution < -0.4 is 0 Å². The van der Waals surface area contributed by atoms with Gasteiger partial charge in [-0.3, -0.25) is 0 Å². The highest BCUT2D eigenvalue weighted by Crippen LogP contribution is 2.44. The van der Waals surface area contributed by atoms with E-state index >= 15 is 0 Å². The van der Waals surface area contributed by atoms with Gasteiger partial charge >= 0.3 is 0 Å². The third kappa shape index (κ3) is 4.77. The van der Waals surface area contributed by atoms with Gasteiger partial charge in [-0.05, 0) is 39.9 Å². The third-order valence-corrected chi connectivity index (χ3v) is 8.50. The van der Waals surface area contributed by atoms with Gasteiger partial charge in [0.1, 0.15) is 0 Å². The summed E-state index contributed by atoms with van der Waals surface area (Å²) in [5, 5.41) is 2.88. The molecule has 0 aliphatic rings. The molecule has 0 saturated carbocycles. The van der Waals surface area contributed by atoms with Crippen molar-refractivity contribution < 1.29 is 0 Å². The van der Waals surface area contributed by atoms with Crippen molar-refractivity contribution in [3.8, 4) is 44.9 Å². The lowest BCUT2D eigenvalue weighted by atomic mass is 9.91. The molecule has 220 valence electrons. The van der Waals surface area contributed by atoms with Crippen LogP contribution in [0.1, 0.15) is 0 Å². The van der Waals surface area contributed by atoms with Gasteiger partial charge in [0.2, 0.25) is 0 Å². The summed E-state index contributed by atoms with van der Waals surface area (Å²) in [6, 6.07) is 42.8. The lowest BCUT2D eigenvalue weighted by molar-refractivity contribution is 1.30. The summed E-state index contributed by atoms with van der Waals surface area (Å²) in [6.07, 6.45) is 0. The van der Waals surface area contributed by atoms with Crippen molar-refractivity contribution in [2.75, 3.05) is 0 Å². The van der Waals surface area contributed by atoms with Crippen LogP contribution in [0.5, 0.6) is 0 Å². The smallest absolute Gasteiger partial charge is 0.187 e. The Balaban J connectivity index is 1.57. The molecule has 8 aromatic rings. The normalized spacial score (nSPS) is 10.9. The number of pyridine rings is 1. The van der Waals surface area contributed by atoms with Crippen LogP contribution in [0.4, 0.5) is 17.1 Å².